The lowest BCUT2D eigenvalue weighted by Crippen LogP contribution is -2.29. The molecule has 0 aliphatic rings. The van der Waals surface area contributed by atoms with Gasteiger partial charge in [-0.05, 0) is 38.5 Å². The van der Waals surface area contributed by atoms with Crippen molar-refractivity contribution < 1.29 is 37.6 Å². The predicted molar refractivity (Wildman–Crippen MR) is 215 cm³/mol. The van der Waals surface area contributed by atoms with Crippen molar-refractivity contribution in [3.63, 3.8) is 0 Å². The number of carbonyl (C=O) groups excluding carboxylic acids is 2. The van der Waals surface area contributed by atoms with Crippen LogP contribution in [0.15, 0.2) is 12.2 Å². The molecule has 0 rings (SSSR count). The quantitative estimate of drug-likeness (QED) is 0.0270. The van der Waals surface area contributed by atoms with E-state index in [1.807, 2.05) is 0 Å². The SMILES string of the molecule is CCCCCCCC/C=C/CCCCCCCCCCCC(=O)OC[C@@H](COP(=O)(O)OCCN)OC(=O)CCCCCCCCCCCCCC. The Balaban J connectivity index is 4.08. The Morgan fingerprint density at radius 3 is 1.37 bits per heavy atom. The molecule has 9 nitrogen and oxygen atoms in total. The summed E-state index contributed by atoms with van der Waals surface area (Å²) < 4.78 is 32.7. The first-order chi connectivity index (χ1) is 25.3. The fourth-order valence-corrected chi connectivity index (χ4v) is 6.92. The van der Waals surface area contributed by atoms with Gasteiger partial charge >= 0.3 is 19.8 Å². The highest BCUT2D eigenvalue weighted by molar-refractivity contribution is 7.47. The van der Waals surface area contributed by atoms with Crippen molar-refractivity contribution in [1.29, 1.82) is 0 Å². The van der Waals surface area contributed by atoms with Gasteiger partial charge in [0.05, 0.1) is 13.2 Å². The van der Waals surface area contributed by atoms with Gasteiger partial charge in [0.1, 0.15) is 6.61 Å². The van der Waals surface area contributed by atoms with Crippen LogP contribution in [0.25, 0.3) is 0 Å². The summed E-state index contributed by atoms with van der Waals surface area (Å²) in [6.07, 6.45) is 39.5. The molecule has 0 aromatic carbocycles. The topological polar surface area (TPSA) is 134 Å². The summed E-state index contributed by atoms with van der Waals surface area (Å²) in [4.78, 5) is 34.8. The highest BCUT2D eigenvalue weighted by Crippen LogP contribution is 2.43. The van der Waals surface area contributed by atoms with E-state index in [0.29, 0.717) is 6.42 Å². The van der Waals surface area contributed by atoms with E-state index >= 15 is 0 Å². The van der Waals surface area contributed by atoms with Crippen LogP contribution in [-0.4, -0.2) is 49.3 Å². The molecule has 0 radical (unpaired) electrons. The van der Waals surface area contributed by atoms with E-state index in [1.54, 1.807) is 0 Å². The van der Waals surface area contributed by atoms with Crippen molar-refractivity contribution in [2.45, 2.75) is 219 Å². The normalized spacial score (nSPS) is 13.4. The molecule has 0 spiro atoms. The average molecular weight is 760 g/mol. The molecule has 0 aromatic rings. The molecule has 0 heterocycles. The second kappa shape index (κ2) is 39.4. The highest BCUT2D eigenvalue weighted by Gasteiger charge is 2.26. The Bertz CT molecular complexity index is 871. The fourth-order valence-electron chi connectivity index (χ4n) is 6.16. The van der Waals surface area contributed by atoms with Crippen LogP contribution in [0.1, 0.15) is 213 Å². The van der Waals surface area contributed by atoms with Gasteiger partial charge in [-0.25, -0.2) is 4.57 Å². The Morgan fingerprint density at radius 2 is 0.942 bits per heavy atom. The molecule has 0 saturated carbocycles. The second-order valence-corrected chi connectivity index (χ2v) is 16.0. The predicted octanol–water partition coefficient (Wildman–Crippen LogP) is 12.2. The molecule has 2 atom stereocenters. The van der Waals surface area contributed by atoms with E-state index in [9.17, 15) is 19.0 Å². The third-order valence-corrected chi connectivity index (χ3v) is 10.4. The third-order valence-electron chi connectivity index (χ3n) is 9.40. The monoisotopic (exact) mass is 760 g/mol. The molecule has 52 heavy (non-hydrogen) atoms. The maximum Gasteiger partial charge on any atom is 0.472 e. The van der Waals surface area contributed by atoms with Gasteiger partial charge in [-0.15, -0.1) is 0 Å². The second-order valence-electron chi connectivity index (χ2n) is 14.6. The first-order valence-electron chi connectivity index (χ1n) is 21.7. The number of carbonyl (C=O) groups is 2. The summed E-state index contributed by atoms with van der Waals surface area (Å²) in [5.74, 6) is -0.822. The van der Waals surface area contributed by atoms with Crippen LogP contribution in [0, 0.1) is 0 Å². The van der Waals surface area contributed by atoms with Crippen LogP contribution in [0.4, 0.5) is 0 Å². The van der Waals surface area contributed by atoms with Crippen LogP contribution in [0.3, 0.4) is 0 Å². The minimum atomic E-state index is -4.37. The molecule has 3 N–H and O–H groups in total. The lowest BCUT2D eigenvalue weighted by Gasteiger charge is -2.19. The maximum atomic E-state index is 12.5. The number of esters is 2. The molecule has 0 saturated heterocycles. The van der Waals surface area contributed by atoms with Gasteiger partial charge in [0.25, 0.3) is 0 Å². The average Bonchev–Trinajstić information content (AvgIpc) is 3.13. The molecular formula is C42H82NO8P. The summed E-state index contributed by atoms with van der Waals surface area (Å²) in [7, 11) is -4.37. The fraction of sp³-hybridized carbons (Fsp3) is 0.905. The maximum absolute atomic E-state index is 12.5. The standard InChI is InChI=1S/C42H82NO8P/c1-3-5-7-9-11-13-15-17-18-19-20-21-22-23-25-26-28-30-32-34-41(44)48-38-40(39-50-52(46,47)49-37-36-43)51-42(45)35-33-31-29-27-24-16-14-12-10-8-6-4-2/h17-18,40H,3-16,19-39,43H2,1-2H3,(H,46,47)/b18-17+/t40-/m0/s1. The minimum absolute atomic E-state index is 0.0560. The number of allylic oxidation sites excluding steroid dienone is 2. The Hall–Kier alpha value is -1.25. The van der Waals surface area contributed by atoms with Gasteiger partial charge in [0.15, 0.2) is 6.10 Å². The smallest absolute Gasteiger partial charge is 0.462 e. The molecule has 1 unspecified atom stereocenters. The van der Waals surface area contributed by atoms with Crippen LogP contribution in [-0.2, 0) is 32.7 Å². The summed E-state index contributed by atoms with van der Waals surface area (Å²) in [5.41, 5.74) is 5.34. The number of unbranched alkanes of at least 4 members (excludes halogenated alkanes) is 26. The van der Waals surface area contributed by atoms with Crippen molar-refractivity contribution in [3.05, 3.63) is 12.2 Å². The number of hydrogen-bond donors (Lipinski definition) is 2. The van der Waals surface area contributed by atoms with Gasteiger partial charge in [-0.1, -0.05) is 174 Å². The van der Waals surface area contributed by atoms with Crippen molar-refractivity contribution in [2.24, 2.45) is 5.73 Å². The molecule has 0 fully saturated rings. The van der Waals surface area contributed by atoms with Crippen molar-refractivity contribution in [1.82, 2.24) is 0 Å². The van der Waals surface area contributed by atoms with Gasteiger partial charge in [-0.2, -0.15) is 0 Å². The molecular weight excluding hydrogens is 677 g/mol. The number of phosphoric acid groups is 1. The number of rotatable bonds is 41. The van der Waals surface area contributed by atoms with E-state index in [-0.39, 0.29) is 38.6 Å². The molecule has 0 aromatic heterocycles. The van der Waals surface area contributed by atoms with E-state index in [2.05, 4.69) is 26.0 Å². The summed E-state index contributed by atoms with van der Waals surface area (Å²) in [6.45, 7) is 3.74. The first-order valence-corrected chi connectivity index (χ1v) is 23.2. The number of hydrogen-bond acceptors (Lipinski definition) is 8. The number of phosphoric ester groups is 1. The van der Waals surface area contributed by atoms with Gasteiger partial charge in [-0.3, -0.25) is 18.6 Å². The third kappa shape index (κ3) is 38.5. The van der Waals surface area contributed by atoms with E-state index in [4.69, 9.17) is 24.3 Å². The van der Waals surface area contributed by atoms with Gasteiger partial charge in [0.2, 0.25) is 0 Å². The zero-order valence-corrected chi connectivity index (χ0v) is 34.7. The molecule has 10 heteroatoms. The van der Waals surface area contributed by atoms with Gasteiger partial charge < -0.3 is 20.1 Å². The lowest BCUT2D eigenvalue weighted by molar-refractivity contribution is -0.161. The Kier molecular flexibility index (Phi) is 38.5. The summed E-state index contributed by atoms with van der Waals surface area (Å²) in [5, 5.41) is 0. The minimum Gasteiger partial charge on any atom is -0.462 e. The van der Waals surface area contributed by atoms with E-state index in [0.717, 1.165) is 32.1 Å². The summed E-state index contributed by atoms with van der Waals surface area (Å²) >= 11 is 0. The van der Waals surface area contributed by atoms with Crippen molar-refractivity contribution >= 4 is 19.8 Å². The van der Waals surface area contributed by atoms with Crippen molar-refractivity contribution in [2.75, 3.05) is 26.4 Å². The van der Waals surface area contributed by atoms with E-state index in [1.165, 1.54) is 148 Å². The summed E-state index contributed by atoms with van der Waals surface area (Å²) in [6, 6.07) is 0. The molecule has 0 aliphatic carbocycles. The zero-order valence-electron chi connectivity index (χ0n) is 33.8. The lowest BCUT2D eigenvalue weighted by atomic mass is 10.0. The van der Waals surface area contributed by atoms with Crippen LogP contribution in [0.5, 0.6) is 0 Å². The molecule has 0 amide bonds. The highest BCUT2D eigenvalue weighted by atomic mass is 31.2. The Morgan fingerprint density at radius 1 is 0.558 bits per heavy atom. The van der Waals surface area contributed by atoms with Gasteiger partial charge in [0, 0.05) is 19.4 Å². The van der Waals surface area contributed by atoms with Crippen molar-refractivity contribution in [3.8, 4) is 0 Å². The number of nitrogens with two attached hydrogens (primary N) is 1. The Labute approximate surface area is 319 Å². The van der Waals surface area contributed by atoms with Crippen LogP contribution in [0.2, 0.25) is 0 Å². The zero-order chi connectivity index (χ0) is 38.2. The molecule has 308 valence electrons. The first kappa shape index (κ1) is 50.8. The molecule has 0 bridgehead atoms. The molecule has 0 aliphatic heterocycles. The largest absolute Gasteiger partial charge is 0.472 e. The van der Waals surface area contributed by atoms with Crippen LogP contribution < -0.4 is 5.73 Å². The number of ether oxygens (including phenoxy) is 2. The van der Waals surface area contributed by atoms with Crippen LogP contribution >= 0.6 is 7.82 Å². The van der Waals surface area contributed by atoms with E-state index < -0.39 is 26.5 Å².